The van der Waals surface area contributed by atoms with Crippen molar-refractivity contribution < 1.29 is 0 Å². The van der Waals surface area contributed by atoms with Crippen LogP contribution in [-0.2, 0) is 5.54 Å². The van der Waals surface area contributed by atoms with Gasteiger partial charge in [-0.05, 0) is 56.3 Å². The summed E-state index contributed by atoms with van der Waals surface area (Å²) in [7, 11) is 0. The first kappa shape index (κ1) is 8.31. The fourth-order valence-electron chi connectivity index (χ4n) is 4.83. The minimum atomic E-state index is 0.415. The van der Waals surface area contributed by atoms with Crippen LogP contribution >= 0.6 is 0 Å². The van der Waals surface area contributed by atoms with Crippen molar-refractivity contribution >= 4 is 0 Å². The van der Waals surface area contributed by atoms with Gasteiger partial charge in [0.05, 0.1) is 0 Å². The van der Waals surface area contributed by atoms with Crippen molar-refractivity contribution in [2.24, 2.45) is 17.8 Å². The molecule has 15 heavy (non-hydrogen) atoms. The first-order valence-corrected chi connectivity index (χ1v) is 6.19. The number of nitrogens with zero attached hydrogens (tertiary/aromatic N) is 3. The van der Waals surface area contributed by atoms with Crippen molar-refractivity contribution in [3.63, 3.8) is 0 Å². The van der Waals surface area contributed by atoms with Gasteiger partial charge in [-0.15, -0.1) is 10.2 Å². The summed E-state index contributed by atoms with van der Waals surface area (Å²) in [6.07, 6.45) is 12.5. The van der Waals surface area contributed by atoms with Crippen molar-refractivity contribution in [1.82, 2.24) is 14.8 Å². The van der Waals surface area contributed by atoms with E-state index in [4.69, 9.17) is 0 Å². The Balaban J connectivity index is 1.77. The maximum absolute atomic E-state index is 3.99. The summed E-state index contributed by atoms with van der Waals surface area (Å²) in [4.78, 5) is 0. The van der Waals surface area contributed by atoms with Crippen molar-refractivity contribution in [1.29, 1.82) is 0 Å². The lowest BCUT2D eigenvalue weighted by Gasteiger charge is -2.57. The number of hydrogen-bond donors (Lipinski definition) is 0. The highest BCUT2D eigenvalue weighted by atomic mass is 15.3. The van der Waals surface area contributed by atoms with Gasteiger partial charge >= 0.3 is 0 Å². The normalized spacial score (nSPS) is 47.3. The largest absolute Gasteiger partial charge is 0.314 e. The lowest BCUT2D eigenvalue weighted by atomic mass is 9.53. The van der Waals surface area contributed by atoms with Crippen LogP contribution in [0, 0.1) is 17.8 Å². The quantitative estimate of drug-likeness (QED) is 0.700. The summed E-state index contributed by atoms with van der Waals surface area (Å²) in [5.41, 5.74) is 0.415. The van der Waals surface area contributed by atoms with Crippen LogP contribution < -0.4 is 0 Å². The molecule has 4 bridgehead atoms. The van der Waals surface area contributed by atoms with E-state index in [-0.39, 0.29) is 0 Å². The van der Waals surface area contributed by atoms with E-state index in [0.29, 0.717) is 5.54 Å². The van der Waals surface area contributed by atoms with Crippen LogP contribution in [-0.4, -0.2) is 14.8 Å². The van der Waals surface area contributed by atoms with Gasteiger partial charge in [0.15, 0.2) is 0 Å². The fourth-order valence-corrected chi connectivity index (χ4v) is 4.83. The van der Waals surface area contributed by atoms with E-state index >= 15 is 0 Å². The molecular weight excluding hydrogens is 186 g/mol. The van der Waals surface area contributed by atoms with Crippen LogP contribution in [0.15, 0.2) is 12.7 Å². The fraction of sp³-hybridized carbons (Fsp3) is 0.833. The molecule has 4 aliphatic carbocycles. The van der Waals surface area contributed by atoms with E-state index < -0.39 is 0 Å². The van der Waals surface area contributed by atoms with Crippen molar-refractivity contribution in [2.75, 3.05) is 0 Å². The molecule has 0 N–H and O–H groups in total. The Morgan fingerprint density at radius 1 is 0.867 bits per heavy atom. The van der Waals surface area contributed by atoms with Crippen LogP contribution in [0.25, 0.3) is 0 Å². The molecule has 3 nitrogen and oxygen atoms in total. The lowest BCUT2D eigenvalue weighted by molar-refractivity contribution is -0.0433. The molecule has 0 atom stereocenters. The molecule has 4 saturated carbocycles. The third-order valence-electron chi connectivity index (χ3n) is 4.97. The molecule has 0 aliphatic heterocycles. The molecule has 0 aromatic carbocycles. The summed E-state index contributed by atoms with van der Waals surface area (Å²) in [5.74, 6) is 3.00. The van der Waals surface area contributed by atoms with Gasteiger partial charge in [-0.25, -0.2) is 0 Å². The van der Waals surface area contributed by atoms with E-state index in [0.717, 1.165) is 17.8 Å². The van der Waals surface area contributed by atoms with Crippen LogP contribution in [0.1, 0.15) is 38.5 Å². The molecule has 1 aromatic heterocycles. The summed E-state index contributed by atoms with van der Waals surface area (Å²) >= 11 is 0. The summed E-state index contributed by atoms with van der Waals surface area (Å²) < 4.78 is 2.32. The third-order valence-corrected chi connectivity index (χ3v) is 4.97. The van der Waals surface area contributed by atoms with Crippen molar-refractivity contribution in [3.8, 4) is 0 Å². The molecule has 0 radical (unpaired) electrons. The molecule has 4 aliphatic rings. The highest BCUT2D eigenvalue weighted by Crippen LogP contribution is 2.58. The van der Waals surface area contributed by atoms with Gasteiger partial charge in [-0.3, -0.25) is 0 Å². The second kappa shape index (κ2) is 2.63. The molecule has 4 fully saturated rings. The molecule has 0 unspecified atom stereocenters. The van der Waals surface area contributed by atoms with Gasteiger partial charge in [0.25, 0.3) is 0 Å². The predicted molar refractivity (Wildman–Crippen MR) is 56.2 cm³/mol. The molecule has 1 heterocycles. The van der Waals surface area contributed by atoms with Crippen LogP contribution in [0.3, 0.4) is 0 Å². The molecule has 5 rings (SSSR count). The first-order valence-electron chi connectivity index (χ1n) is 6.19. The summed E-state index contributed by atoms with van der Waals surface area (Å²) in [6.45, 7) is 0. The maximum Gasteiger partial charge on any atom is 0.119 e. The van der Waals surface area contributed by atoms with Gasteiger partial charge in [0, 0.05) is 5.54 Å². The second-order valence-corrected chi connectivity index (χ2v) is 6.01. The number of aromatic nitrogens is 3. The average molecular weight is 203 g/mol. The zero-order valence-corrected chi connectivity index (χ0v) is 8.97. The predicted octanol–water partition coefficient (Wildman–Crippen LogP) is 2.20. The molecule has 1 aromatic rings. The van der Waals surface area contributed by atoms with E-state index in [1.54, 1.807) is 0 Å². The van der Waals surface area contributed by atoms with E-state index in [2.05, 4.69) is 14.8 Å². The standard InChI is InChI=1S/C12H17N3/c1-9-2-11-3-10(1)5-12(4-9,6-11)15-7-13-14-8-15/h7-11H,1-6H2. The highest BCUT2D eigenvalue weighted by molar-refractivity contribution is 5.05. The van der Waals surface area contributed by atoms with E-state index in [9.17, 15) is 0 Å². The lowest BCUT2D eigenvalue weighted by Crippen LogP contribution is -2.51. The SMILES string of the molecule is c1nncn1C12CC3CC(CC(C3)C1)C2. The van der Waals surface area contributed by atoms with Crippen LogP contribution in [0.2, 0.25) is 0 Å². The first-order chi connectivity index (χ1) is 7.34. The second-order valence-electron chi connectivity index (χ2n) is 6.01. The van der Waals surface area contributed by atoms with Gasteiger partial charge in [0.2, 0.25) is 0 Å². The Kier molecular flexibility index (Phi) is 1.46. The average Bonchev–Trinajstić information content (AvgIpc) is 2.67. The zero-order chi connectivity index (χ0) is 9.88. The molecule has 80 valence electrons. The van der Waals surface area contributed by atoms with Gasteiger partial charge in [-0.1, -0.05) is 0 Å². The Morgan fingerprint density at radius 3 is 1.80 bits per heavy atom. The van der Waals surface area contributed by atoms with Gasteiger partial charge in [-0.2, -0.15) is 0 Å². The Morgan fingerprint density at radius 2 is 1.33 bits per heavy atom. The van der Waals surface area contributed by atoms with E-state index in [1.807, 2.05) is 12.7 Å². The van der Waals surface area contributed by atoms with Gasteiger partial charge in [0.1, 0.15) is 12.7 Å². The monoisotopic (exact) mass is 203 g/mol. The highest BCUT2D eigenvalue weighted by Gasteiger charge is 2.51. The Bertz CT molecular complexity index is 333. The van der Waals surface area contributed by atoms with Gasteiger partial charge < -0.3 is 4.57 Å². The maximum atomic E-state index is 3.99. The molecular formula is C12H17N3. The van der Waals surface area contributed by atoms with E-state index in [1.165, 1.54) is 38.5 Å². The minimum Gasteiger partial charge on any atom is -0.314 e. The molecule has 0 saturated heterocycles. The summed E-state index contributed by atoms with van der Waals surface area (Å²) in [6, 6.07) is 0. The topological polar surface area (TPSA) is 30.7 Å². The Hall–Kier alpha value is -0.860. The molecule has 0 spiro atoms. The smallest absolute Gasteiger partial charge is 0.119 e. The van der Waals surface area contributed by atoms with Crippen LogP contribution in [0.5, 0.6) is 0 Å². The zero-order valence-electron chi connectivity index (χ0n) is 8.97. The molecule has 0 amide bonds. The Labute approximate surface area is 89.9 Å². The number of rotatable bonds is 1. The minimum absolute atomic E-state index is 0.415. The van der Waals surface area contributed by atoms with Crippen LogP contribution in [0.4, 0.5) is 0 Å². The number of hydrogen-bond acceptors (Lipinski definition) is 2. The summed E-state index contributed by atoms with van der Waals surface area (Å²) in [5, 5.41) is 7.98. The molecule has 3 heteroatoms. The van der Waals surface area contributed by atoms with Crippen molar-refractivity contribution in [2.45, 2.75) is 44.1 Å². The van der Waals surface area contributed by atoms with Crippen molar-refractivity contribution in [3.05, 3.63) is 12.7 Å². The third kappa shape index (κ3) is 1.06.